The molecule has 2 bridgehead atoms. The molecule has 0 amide bonds. The minimum Gasteiger partial charge on any atom is -0.303 e. The highest BCUT2D eigenvalue weighted by Gasteiger charge is 2.25. The Bertz CT molecular complexity index is 151. The van der Waals surface area contributed by atoms with Crippen LogP contribution in [0.4, 0.5) is 0 Å². The molecule has 0 aromatic rings. The van der Waals surface area contributed by atoms with Crippen molar-refractivity contribution in [1.29, 1.82) is 0 Å². The van der Waals surface area contributed by atoms with Gasteiger partial charge in [0, 0.05) is 6.04 Å². The molecule has 1 fully saturated rings. The molecule has 1 saturated heterocycles. The molecule has 1 heterocycles. The smallest absolute Gasteiger partial charge is 0.0132 e. The SMILES string of the molecule is CN1CC[C@@H]2C=CC[C@@H]1C2. The van der Waals surface area contributed by atoms with Gasteiger partial charge in [-0.3, -0.25) is 0 Å². The van der Waals surface area contributed by atoms with Gasteiger partial charge < -0.3 is 4.90 Å². The van der Waals surface area contributed by atoms with Crippen molar-refractivity contribution in [2.45, 2.75) is 25.3 Å². The van der Waals surface area contributed by atoms with Gasteiger partial charge in [-0.25, -0.2) is 0 Å². The van der Waals surface area contributed by atoms with Crippen LogP contribution in [-0.2, 0) is 0 Å². The molecule has 1 aliphatic carbocycles. The monoisotopic (exact) mass is 137 g/mol. The molecule has 1 nitrogen and oxygen atoms in total. The van der Waals surface area contributed by atoms with Gasteiger partial charge >= 0.3 is 0 Å². The van der Waals surface area contributed by atoms with E-state index in [0.29, 0.717) is 0 Å². The van der Waals surface area contributed by atoms with Gasteiger partial charge in [0.05, 0.1) is 0 Å². The average Bonchev–Trinajstić information content (AvgIpc) is 1.99. The largest absolute Gasteiger partial charge is 0.303 e. The molecule has 0 N–H and O–H groups in total. The second-order valence-electron chi connectivity index (χ2n) is 3.58. The summed E-state index contributed by atoms with van der Waals surface area (Å²) in [4.78, 5) is 2.50. The van der Waals surface area contributed by atoms with E-state index in [4.69, 9.17) is 0 Å². The fourth-order valence-corrected chi connectivity index (χ4v) is 2.08. The zero-order valence-electron chi connectivity index (χ0n) is 6.59. The van der Waals surface area contributed by atoms with Crippen molar-refractivity contribution in [3.05, 3.63) is 12.2 Å². The third-order valence-corrected chi connectivity index (χ3v) is 2.87. The highest BCUT2D eigenvalue weighted by molar-refractivity contribution is 5.01. The molecule has 0 spiro atoms. The summed E-state index contributed by atoms with van der Waals surface area (Å²) in [7, 11) is 2.25. The van der Waals surface area contributed by atoms with E-state index >= 15 is 0 Å². The van der Waals surface area contributed by atoms with Crippen LogP contribution in [0.15, 0.2) is 12.2 Å². The molecule has 2 rings (SSSR count). The zero-order chi connectivity index (χ0) is 6.97. The van der Waals surface area contributed by atoms with Gasteiger partial charge in [0.2, 0.25) is 0 Å². The van der Waals surface area contributed by atoms with Gasteiger partial charge in [0.25, 0.3) is 0 Å². The Hall–Kier alpha value is -0.300. The van der Waals surface area contributed by atoms with E-state index in [2.05, 4.69) is 24.1 Å². The fraction of sp³-hybridized carbons (Fsp3) is 0.778. The number of fused-ring (bicyclic) bond motifs is 2. The van der Waals surface area contributed by atoms with Gasteiger partial charge in [-0.15, -0.1) is 0 Å². The summed E-state index contributed by atoms with van der Waals surface area (Å²) in [6, 6.07) is 0.865. The third kappa shape index (κ3) is 0.988. The van der Waals surface area contributed by atoms with Crippen molar-refractivity contribution >= 4 is 0 Å². The van der Waals surface area contributed by atoms with Crippen LogP contribution in [0.25, 0.3) is 0 Å². The molecule has 10 heavy (non-hydrogen) atoms. The van der Waals surface area contributed by atoms with Crippen LogP contribution in [0, 0.1) is 5.92 Å². The lowest BCUT2D eigenvalue weighted by Crippen LogP contribution is -2.40. The zero-order valence-corrected chi connectivity index (χ0v) is 6.59. The lowest BCUT2D eigenvalue weighted by atomic mass is 9.85. The predicted octanol–water partition coefficient (Wildman–Crippen LogP) is 1.66. The van der Waals surface area contributed by atoms with Crippen LogP contribution < -0.4 is 0 Å². The molecule has 2 atom stereocenters. The van der Waals surface area contributed by atoms with Crippen molar-refractivity contribution in [1.82, 2.24) is 4.90 Å². The first kappa shape index (κ1) is 6.41. The Kier molecular flexibility index (Phi) is 1.53. The highest BCUT2D eigenvalue weighted by Crippen LogP contribution is 2.28. The number of rotatable bonds is 0. The van der Waals surface area contributed by atoms with Gasteiger partial charge in [-0.1, -0.05) is 12.2 Å². The molecular weight excluding hydrogens is 122 g/mol. The molecule has 0 aromatic heterocycles. The van der Waals surface area contributed by atoms with Crippen LogP contribution in [0.1, 0.15) is 19.3 Å². The molecule has 1 aliphatic heterocycles. The maximum absolute atomic E-state index is 2.50. The minimum absolute atomic E-state index is 0.865. The molecule has 0 aromatic carbocycles. The first-order valence-corrected chi connectivity index (χ1v) is 4.23. The molecule has 0 unspecified atom stereocenters. The van der Waals surface area contributed by atoms with Crippen molar-refractivity contribution in [2.75, 3.05) is 13.6 Å². The van der Waals surface area contributed by atoms with Crippen LogP contribution in [-0.4, -0.2) is 24.5 Å². The van der Waals surface area contributed by atoms with E-state index < -0.39 is 0 Å². The van der Waals surface area contributed by atoms with E-state index in [1.165, 1.54) is 25.8 Å². The second kappa shape index (κ2) is 2.39. The number of nitrogens with zero attached hydrogens (tertiary/aromatic N) is 1. The molecular formula is C9H15N. The number of likely N-dealkylation sites (tertiary alicyclic amines) is 1. The summed E-state index contributed by atoms with van der Waals surface area (Å²) in [5, 5.41) is 0. The number of piperidine rings is 1. The normalized spacial score (nSPS) is 40.1. The topological polar surface area (TPSA) is 3.24 Å². The van der Waals surface area contributed by atoms with E-state index in [1.54, 1.807) is 0 Å². The van der Waals surface area contributed by atoms with Crippen LogP contribution in [0.3, 0.4) is 0 Å². The predicted molar refractivity (Wildman–Crippen MR) is 42.9 cm³/mol. The van der Waals surface area contributed by atoms with Crippen molar-refractivity contribution in [3.63, 3.8) is 0 Å². The van der Waals surface area contributed by atoms with Gasteiger partial charge in [-0.05, 0) is 38.8 Å². The van der Waals surface area contributed by atoms with E-state index in [0.717, 1.165) is 12.0 Å². The first-order valence-electron chi connectivity index (χ1n) is 4.23. The summed E-state index contributed by atoms with van der Waals surface area (Å²) in [6.07, 6.45) is 8.83. The van der Waals surface area contributed by atoms with E-state index in [9.17, 15) is 0 Å². The van der Waals surface area contributed by atoms with E-state index in [1.807, 2.05) is 0 Å². The van der Waals surface area contributed by atoms with Gasteiger partial charge in [0.1, 0.15) is 0 Å². The molecule has 1 heteroatoms. The lowest BCUT2D eigenvalue weighted by Gasteiger charge is -2.38. The maximum Gasteiger partial charge on any atom is 0.0132 e. The standard InChI is InChI=1S/C9H15N/c1-10-6-5-8-3-2-4-9(10)7-8/h2-3,8-9H,4-7H2,1H3/t8-,9+/m0/s1. The summed E-state index contributed by atoms with van der Waals surface area (Å²) < 4.78 is 0. The summed E-state index contributed by atoms with van der Waals surface area (Å²) >= 11 is 0. The quantitative estimate of drug-likeness (QED) is 0.459. The Morgan fingerprint density at radius 2 is 2.40 bits per heavy atom. The summed E-state index contributed by atoms with van der Waals surface area (Å²) in [5.74, 6) is 0.912. The first-order chi connectivity index (χ1) is 4.86. The number of allylic oxidation sites excluding steroid dienone is 1. The van der Waals surface area contributed by atoms with Crippen molar-refractivity contribution < 1.29 is 0 Å². The fourth-order valence-electron chi connectivity index (χ4n) is 2.08. The average molecular weight is 137 g/mol. The molecule has 0 saturated carbocycles. The second-order valence-corrected chi connectivity index (χ2v) is 3.58. The highest BCUT2D eigenvalue weighted by atomic mass is 15.1. The molecule has 2 aliphatic rings. The Morgan fingerprint density at radius 1 is 1.50 bits per heavy atom. The third-order valence-electron chi connectivity index (χ3n) is 2.87. The molecule has 56 valence electrons. The molecule has 0 radical (unpaired) electrons. The van der Waals surface area contributed by atoms with Crippen LogP contribution in [0.2, 0.25) is 0 Å². The lowest BCUT2D eigenvalue weighted by molar-refractivity contribution is 0.153. The maximum atomic E-state index is 2.50. The van der Waals surface area contributed by atoms with Gasteiger partial charge in [-0.2, -0.15) is 0 Å². The number of hydrogen-bond donors (Lipinski definition) is 0. The summed E-state index contributed by atoms with van der Waals surface area (Å²) in [6.45, 7) is 1.31. The van der Waals surface area contributed by atoms with Gasteiger partial charge in [0.15, 0.2) is 0 Å². The Balaban J connectivity index is 2.11. The Labute approximate surface area is 62.7 Å². The minimum atomic E-state index is 0.865. The van der Waals surface area contributed by atoms with Crippen molar-refractivity contribution in [2.24, 2.45) is 5.92 Å². The summed E-state index contributed by atoms with van der Waals surface area (Å²) in [5.41, 5.74) is 0. The van der Waals surface area contributed by atoms with Crippen molar-refractivity contribution in [3.8, 4) is 0 Å². The van der Waals surface area contributed by atoms with E-state index in [-0.39, 0.29) is 0 Å². The number of hydrogen-bond acceptors (Lipinski definition) is 1. The van der Waals surface area contributed by atoms with Crippen LogP contribution >= 0.6 is 0 Å². The van der Waals surface area contributed by atoms with Crippen LogP contribution in [0.5, 0.6) is 0 Å². The Morgan fingerprint density at radius 3 is 3.20 bits per heavy atom.